The molecule has 4 nitrogen and oxygen atoms in total. The molecule has 108 valence electrons. The topological polar surface area (TPSA) is 43.0 Å². The number of aliphatic hydroxyl groups excluding tert-OH is 1. The normalized spacial score (nSPS) is 20.9. The van der Waals surface area contributed by atoms with Crippen LogP contribution in [-0.2, 0) is 13.0 Å². The van der Waals surface area contributed by atoms with E-state index in [4.69, 9.17) is 0 Å². The highest BCUT2D eigenvalue weighted by Gasteiger charge is 2.34. The van der Waals surface area contributed by atoms with E-state index in [1.807, 2.05) is 10.9 Å². The molecule has 1 N–H and O–H groups in total. The Balaban J connectivity index is 2.13. The van der Waals surface area contributed by atoms with Gasteiger partial charge in [0.15, 0.2) is 0 Å². The van der Waals surface area contributed by atoms with Crippen molar-refractivity contribution in [2.45, 2.75) is 53.2 Å². The van der Waals surface area contributed by atoms with Crippen LogP contribution >= 0.6 is 0 Å². The maximum Gasteiger partial charge on any atom is 0.0837 e. The second-order valence-electron chi connectivity index (χ2n) is 6.64. The zero-order valence-electron chi connectivity index (χ0n) is 12.7. The first-order valence-electron chi connectivity index (χ1n) is 7.33. The second-order valence-corrected chi connectivity index (χ2v) is 6.64. The Labute approximate surface area is 120 Å². The van der Waals surface area contributed by atoms with E-state index in [1.165, 1.54) is 11.4 Å². The van der Waals surface area contributed by atoms with Gasteiger partial charge < -0.3 is 9.67 Å². The Kier molecular flexibility index (Phi) is 3.01. The lowest BCUT2D eigenvalue weighted by atomic mass is 9.75. The van der Waals surface area contributed by atoms with Gasteiger partial charge in [-0.3, -0.25) is 4.68 Å². The highest BCUT2D eigenvalue weighted by Crippen LogP contribution is 2.42. The smallest absolute Gasteiger partial charge is 0.0837 e. The summed E-state index contributed by atoms with van der Waals surface area (Å²) in [6, 6.07) is 2.12. The van der Waals surface area contributed by atoms with Crippen LogP contribution in [0, 0.1) is 12.3 Å². The van der Waals surface area contributed by atoms with E-state index in [9.17, 15) is 5.11 Å². The van der Waals surface area contributed by atoms with Crippen molar-refractivity contribution in [1.29, 1.82) is 0 Å². The Morgan fingerprint density at radius 1 is 1.45 bits per heavy atom. The number of hydrogen-bond acceptors (Lipinski definition) is 2. The van der Waals surface area contributed by atoms with Gasteiger partial charge in [0.2, 0.25) is 0 Å². The van der Waals surface area contributed by atoms with Crippen molar-refractivity contribution in [2.24, 2.45) is 5.41 Å². The molecule has 2 aromatic rings. The molecule has 3 rings (SSSR count). The summed E-state index contributed by atoms with van der Waals surface area (Å²) in [5, 5.41) is 14.8. The molecule has 0 fully saturated rings. The number of aliphatic hydroxyl groups is 1. The lowest BCUT2D eigenvalue weighted by molar-refractivity contribution is 0.0987. The van der Waals surface area contributed by atoms with Crippen LogP contribution in [0.5, 0.6) is 0 Å². The van der Waals surface area contributed by atoms with Gasteiger partial charge >= 0.3 is 0 Å². The van der Waals surface area contributed by atoms with E-state index in [1.54, 1.807) is 0 Å². The van der Waals surface area contributed by atoms with Crippen molar-refractivity contribution < 1.29 is 5.11 Å². The number of fused-ring (bicyclic) bond motifs is 1. The van der Waals surface area contributed by atoms with Gasteiger partial charge in [0.05, 0.1) is 18.0 Å². The molecule has 0 amide bonds. The molecule has 20 heavy (non-hydrogen) atoms. The summed E-state index contributed by atoms with van der Waals surface area (Å²) >= 11 is 0. The highest BCUT2D eigenvalue weighted by atomic mass is 16.3. The lowest BCUT2D eigenvalue weighted by Gasteiger charge is -2.33. The standard InChI is InChI=1S/C16H23N3O/c1-5-18-10-12(9-17-18)19-11(2)6-13-14(19)7-16(3,4)8-15(13)20/h6,9-10,15,20H,5,7-8H2,1-4H3. The van der Waals surface area contributed by atoms with Crippen molar-refractivity contribution in [3.63, 3.8) is 0 Å². The van der Waals surface area contributed by atoms with E-state index < -0.39 is 0 Å². The van der Waals surface area contributed by atoms with Crippen LogP contribution in [0.25, 0.3) is 5.69 Å². The van der Waals surface area contributed by atoms with Gasteiger partial charge in [-0.2, -0.15) is 5.10 Å². The molecule has 1 unspecified atom stereocenters. The average molecular weight is 273 g/mol. The van der Waals surface area contributed by atoms with Crippen LogP contribution < -0.4 is 0 Å². The van der Waals surface area contributed by atoms with Crippen LogP contribution in [-0.4, -0.2) is 19.5 Å². The molecule has 0 bridgehead atoms. The minimum absolute atomic E-state index is 0.135. The Morgan fingerprint density at radius 2 is 2.20 bits per heavy atom. The predicted octanol–water partition coefficient (Wildman–Crippen LogP) is 3.01. The summed E-state index contributed by atoms with van der Waals surface area (Å²) in [5.74, 6) is 0. The summed E-state index contributed by atoms with van der Waals surface area (Å²) in [5.41, 5.74) is 4.72. The van der Waals surface area contributed by atoms with Gasteiger partial charge in [0.1, 0.15) is 0 Å². The number of aryl methyl sites for hydroxylation is 2. The molecular weight excluding hydrogens is 250 g/mol. The number of aromatic nitrogens is 3. The zero-order valence-corrected chi connectivity index (χ0v) is 12.7. The molecule has 0 saturated heterocycles. The molecule has 0 aliphatic heterocycles. The van der Waals surface area contributed by atoms with E-state index in [-0.39, 0.29) is 11.5 Å². The van der Waals surface area contributed by atoms with Crippen LogP contribution in [0.3, 0.4) is 0 Å². The predicted molar refractivity (Wildman–Crippen MR) is 79.0 cm³/mol. The molecule has 2 aromatic heterocycles. The molecule has 0 spiro atoms. The van der Waals surface area contributed by atoms with Gasteiger partial charge in [-0.25, -0.2) is 0 Å². The molecule has 0 saturated carbocycles. The zero-order chi connectivity index (χ0) is 14.5. The van der Waals surface area contributed by atoms with Crippen LogP contribution in [0.4, 0.5) is 0 Å². The quantitative estimate of drug-likeness (QED) is 0.914. The molecular formula is C16H23N3O. The molecule has 1 aliphatic carbocycles. The van der Waals surface area contributed by atoms with Gasteiger partial charge in [-0.1, -0.05) is 13.8 Å². The maximum atomic E-state index is 10.4. The van der Waals surface area contributed by atoms with Crippen molar-refractivity contribution >= 4 is 0 Å². The van der Waals surface area contributed by atoms with Crippen LogP contribution in [0.2, 0.25) is 0 Å². The Bertz CT molecular complexity index is 636. The van der Waals surface area contributed by atoms with Gasteiger partial charge in [-0.15, -0.1) is 0 Å². The number of hydrogen-bond donors (Lipinski definition) is 1. The first-order chi connectivity index (χ1) is 9.41. The Hall–Kier alpha value is -1.55. The third-order valence-electron chi connectivity index (χ3n) is 4.27. The lowest BCUT2D eigenvalue weighted by Crippen LogP contribution is -2.26. The monoisotopic (exact) mass is 273 g/mol. The molecule has 1 aliphatic rings. The highest BCUT2D eigenvalue weighted by molar-refractivity contribution is 5.42. The van der Waals surface area contributed by atoms with E-state index in [0.717, 1.165) is 30.6 Å². The molecule has 2 heterocycles. The first kappa shape index (κ1) is 13.4. The summed E-state index contributed by atoms with van der Waals surface area (Å²) in [4.78, 5) is 0. The van der Waals surface area contributed by atoms with Crippen molar-refractivity contribution in [3.05, 3.63) is 35.4 Å². The first-order valence-corrected chi connectivity index (χ1v) is 7.33. The SMILES string of the molecule is CCn1cc(-n2c(C)cc3c2CC(C)(C)CC3O)cn1. The minimum atomic E-state index is -0.352. The fourth-order valence-corrected chi connectivity index (χ4v) is 3.34. The van der Waals surface area contributed by atoms with Gasteiger partial charge in [0, 0.05) is 29.7 Å². The van der Waals surface area contributed by atoms with E-state index >= 15 is 0 Å². The van der Waals surface area contributed by atoms with E-state index in [0.29, 0.717) is 0 Å². The van der Waals surface area contributed by atoms with Crippen LogP contribution in [0.1, 0.15) is 50.2 Å². The van der Waals surface area contributed by atoms with Crippen molar-refractivity contribution in [3.8, 4) is 5.69 Å². The van der Waals surface area contributed by atoms with Gasteiger partial charge in [0.25, 0.3) is 0 Å². The summed E-state index contributed by atoms with van der Waals surface area (Å²) in [6.45, 7) is 9.50. The number of nitrogens with zero attached hydrogens (tertiary/aromatic N) is 3. The summed E-state index contributed by atoms with van der Waals surface area (Å²) < 4.78 is 4.18. The largest absolute Gasteiger partial charge is 0.388 e. The van der Waals surface area contributed by atoms with Crippen molar-refractivity contribution in [1.82, 2.24) is 14.3 Å². The average Bonchev–Trinajstić information content (AvgIpc) is 2.92. The number of rotatable bonds is 2. The third kappa shape index (κ3) is 2.08. The molecule has 0 aromatic carbocycles. The molecule has 1 atom stereocenters. The summed E-state index contributed by atoms with van der Waals surface area (Å²) in [6.07, 6.45) is 5.45. The maximum absolute atomic E-state index is 10.4. The van der Waals surface area contributed by atoms with Crippen molar-refractivity contribution in [2.75, 3.05) is 0 Å². The van der Waals surface area contributed by atoms with Gasteiger partial charge in [-0.05, 0) is 38.2 Å². The molecule has 4 heteroatoms. The Morgan fingerprint density at radius 3 is 2.85 bits per heavy atom. The fourth-order valence-electron chi connectivity index (χ4n) is 3.34. The second kappa shape index (κ2) is 4.48. The van der Waals surface area contributed by atoms with Crippen LogP contribution in [0.15, 0.2) is 18.5 Å². The minimum Gasteiger partial charge on any atom is -0.388 e. The fraction of sp³-hybridized carbons (Fsp3) is 0.562. The summed E-state index contributed by atoms with van der Waals surface area (Å²) in [7, 11) is 0. The third-order valence-corrected chi connectivity index (χ3v) is 4.27. The molecule has 0 radical (unpaired) electrons. The van der Waals surface area contributed by atoms with E-state index in [2.05, 4.69) is 49.6 Å².